The van der Waals surface area contributed by atoms with E-state index in [2.05, 4.69) is 41.2 Å². The molecule has 2 fully saturated rings. The first-order valence-electron chi connectivity index (χ1n) is 11.5. The molecule has 2 aliphatic heterocycles. The van der Waals surface area contributed by atoms with Crippen LogP contribution in [0, 0.1) is 11.6 Å². The van der Waals surface area contributed by atoms with Crippen LogP contribution in [0.4, 0.5) is 8.78 Å². The quantitative estimate of drug-likeness (QED) is 0.507. The first-order valence-corrected chi connectivity index (χ1v) is 11.5. The van der Waals surface area contributed by atoms with Crippen molar-refractivity contribution < 1.29 is 13.5 Å². The highest BCUT2D eigenvalue weighted by Crippen LogP contribution is 2.16. The number of morpholine rings is 1. The molecule has 8 heteroatoms. The Morgan fingerprint density at radius 3 is 2.68 bits per heavy atom. The third-order valence-electron chi connectivity index (χ3n) is 6.16. The van der Waals surface area contributed by atoms with Crippen molar-refractivity contribution in [2.24, 2.45) is 4.99 Å². The molecular weight excluding hydrogens is 400 g/mol. The summed E-state index contributed by atoms with van der Waals surface area (Å²) in [6.07, 6.45) is 1.98. The maximum Gasteiger partial charge on any atom is 0.191 e. The summed E-state index contributed by atoms with van der Waals surface area (Å²) in [5, 5.41) is 6.95. The number of nitrogens with one attached hydrogen (secondary N) is 2. The fourth-order valence-electron chi connectivity index (χ4n) is 4.37. The summed E-state index contributed by atoms with van der Waals surface area (Å²) in [5.74, 6) is -0.699. The number of aliphatic imine (C=N–C) groups is 1. The molecule has 0 amide bonds. The lowest BCUT2D eigenvalue weighted by atomic mass is 10.0. The summed E-state index contributed by atoms with van der Waals surface area (Å²) in [5.41, 5.74) is 0.812. The Balaban J connectivity index is 1.47. The molecule has 2 aliphatic rings. The molecule has 3 rings (SSSR count). The lowest BCUT2D eigenvalue weighted by Gasteiger charge is -2.37. The van der Waals surface area contributed by atoms with Crippen LogP contribution in [0.5, 0.6) is 0 Å². The number of hydrogen-bond donors (Lipinski definition) is 2. The predicted molar refractivity (Wildman–Crippen MR) is 120 cm³/mol. The molecule has 31 heavy (non-hydrogen) atoms. The summed E-state index contributed by atoms with van der Waals surface area (Å²) < 4.78 is 32.1. The van der Waals surface area contributed by atoms with Gasteiger partial charge in [0, 0.05) is 50.8 Å². The molecule has 0 aromatic heterocycles. The summed E-state index contributed by atoms with van der Waals surface area (Å²) in [4.78, 5) is 9.60. The first kappa shape index (κ1) is 23.9. The Morgan fingerprint density at radius 1 is 1.23 bits per heavy atom. The lowest BCUT2D eigenvalue weighted by molar-refractivity contribution is -0.0165. The Labute approximate surface area is 185 Å². The molecule has 2 unspecified atom stereocenters. The van der Waals surface area contributed by atoms with Gasteiger partial charge in [-0.1, -0.05) is 6.07 Å². The number of hydrogen-bond acceptors (Lipinski definition) is 4. The highest BCUT2D eigenvalue weighted by Gasteiger charge is 2.24. The smallest absolute Gasteiger partial charge is 0.191 e. The van der Waals surface area contributed by atoms with Crippen molar-refractivity contribution in [3.05, 3.63) is 35.4 Å². The average Bonchev–Trinajstić information content (AvgIpc) is 2.76. The van der Waals surface area contributed by atoms with Crippen molar-refractivity contribution in [3.8, 4) is 0 Å². The number of nitrogens with zero attached hydrogens (tertiary/aromatic N) is 3. The van der Waals surface area contributed by atoms with E-state index in [9.17, 15) is 8.78 Å². The monoisotopic (exact) mass is 437 g/mol. The minimum Gasteiger partial charge on any atom is -0.379 e. The summed E-state index contributed by atoms with van der Waals surface area (Å²) in [6.45, 7) is 13.1. The first-order chi connectivity index (χ1) is 15.0. The van der Waals surface area contributed by atoms with Crippen molar-refractivity contribution in [3.63, 3.8) is 0 Å². The molecule has 1 aromatic carbocycles. The SMILES string of the molecule is CCNC(=NCC(C)N1CCOCC1C)NC1CCN(Cc2ccc(F)c(F)c2)CC1. The molecule has 2 N–H and O–H groups in total. The van der Waals surface area contributed by atoms with Crippen LogP contribution >= 0.6 is 0 Å². The molecule has 6 nitrogen and oxygen atoms in total. The fourth-order valence-corrected chi connectivity index (χ4v) is 4.37. The van der Waals surface area contributed by atoms with E-state index in [1.54, 1.807) is 6.07 Å². The van der Waals surface area contributed by atoms with Crippen LogP contribution in [0.25, 0.3) is 0 Å². The van der Waals surface area contributed by atoms with Gasteiger partial charge in [0.2, 0.25) is 0 Å². The molecule has 0 saturated carbocycles. The van der Waals surface area contributed by atoms with Gasteiger partial charge in [-0.15, -0.1) is 0 Å². The molecule has 0 spiro atoms. The molecule has 174 valence electrons. The van der Waals surface area contributed by atoms with Gasteiger partial charge < -0.3 is 15.4 Å². The van der Waals surface area contributed by atoms with Gasteiger partial charge in [0.05, 0.1) is 19.8 Å². The van der Waals surface area contributed by atoms with E-state index in [-0.39, 0.29) is 0 Å². The van der Waals surface area contributed by atoms with Gasteiger partial charge in [0.25, 0.3) is 0 Å². The molecule has 0 radical (unpaired) electrons. The number of rotatable bonds is 7. The van der Waals surface area contributed by atoms with Crippen molar-refractivity contribution in [2.45, 2.75) is 58.3 Å². The van der Waals surface area contributed by atoms with Crippen molar-refractivity contribution in [2.75, 3.05) is 45.9 Å². The van der Waals surface area contributed by atoms with Crippen LogP contribution in [0.2, 0.25) is 0 Å². The van der Waals surface area contributed by atoms with Gasteiger partial charge in [-0.25, -0.2) is 8.78 Å². The number of piperidine rings is 1. The highest BCUT2D eigenvalue weighted by atomic mass is 19.2. The average molecular weight is 438 g/mol. The van der Waals surface area contributed by atoms with E-state index in [4.69, 9.17) is 9.73 Å². The number of likely N-dealkylation sites (tertiary alicyclic amines) is 1. The zero-order valence-electron chi connectivity index (χ0n) is 19.0. The van der Waals surface area contributed by atoms with E-state index in [1.807, 2.05) is 0 Å². The second-order valence-corrected chi connectivity index (χ2v) is 8.67. The Hall–Kier alpha value is -1.77. The van der Waals surface area contributed by atoms with Crippen LogP contribution in [0.3, 0.4) is 0 Å². The standard InChI is InChI=1S/C23H37F2N5O/c1-4-26-23(27-14-17(2)30-11-12-31-16-18(30)3)28-20-7-9-29(10-8-20)15-19-5-6-21(24)22(25)13-19/h5-6,13,17-18,20H,4,7-12,14-16H2,1-3H3,(H2,26,27,28). The van der Waals surface area contributed by atoms with Gasteiger partial charge in [0.15, 0.2) is 17.6 Å². The van der Waals surface area contributed by atoms with Crippen molar-refractivity contribution in [1.82, 2.24) is 20.4 Å². The van der Waals surface area contributed by atoms with Crippen LogP contribution in [-0.2, 0) is 11.3 Å². The Morgan fingerprint density at radius 2 is 2.00 bits per heavy atom. The van der Waals surface area contributed by atoms with Gasteiger partial charge in [-0.2, -0.15) is 0 Å². The Bertz CT molecular complexity index is 724. The number of ether oxygens (including phenoxy) is 1. The van der Waals surface area contributed by atoms with E-state index in [0.29, 0.717) is 24.7 Å². The summed E-state index contributed by atoms with van der Waals surface area (Å²) in [7, 11) is 0. The van der Waals surface area contributed by atoms with E-state index < -0.39 is 11.6 Å². The predicted octanol–water partition coefficient (Wildman–Crippen LogP) is 2.59. The van der Waals surface area contributed by atoms with Crippen LogP contribution in [0.1, 0.15) is 39.2 Å². The second kappa shape index (κ2) is 11.7. The highest BCUT2D eigenvalue weighted by molar-refractivity contribution is 5.80. The third kappa shape index (κ3) is 7.12. The van der Waals surface area contributed by atoms with Crippen LogP contribution in [-0.4, -0.2) is 79.8 Å². The largest absolute Gasteiger partial charge is 0.379 e. The fraction of sp³-hybridized carbons (Fsp3) is 0.696. The van der Waals surface area contributed by atoms with E-state index in [1.165, 1.54) is 12.1 Å². The number of halogens is 2. The zero-order valence-corrected chi connectivity index (χ0v) is 19.0. The molecule has 0 aliphatic carbocycles. The maximum absolute atomic E-state index is 13.4. The van der Waals surface area contributed by atoms with Crippen LogP contribution in [0.15, 0.2) is 23.2 Å². The van der Waals surface area contributed by atoms with Gasteiger partial charge >= 0.3 is 0 Å². The van der Waals surface area contributed by atoms with Crippen LogP contribution < -0.4 is 10.6 Å². The zero-order chi connectivity index (χ0) is 22.2. The second-order valence-electron chi connectivity index (χ2n) is 8.67. The van der Waals surface area contributed by atoms with Gasteiger partial charge in [0.1, 0.15) is 0 Å². The molecular formula is C23H37F2N5O. The third-order valence-corrected chi connectivity index (χ3v) is 6.16. The normalized spacial score (nSPS) is 23.0. The molecule has 0 bridgehead atoms. The molecule has 1 aromatic rings. The maximum atomic E-state index is 13.4. The minimum atomic E-state index is -0.792. The van der Waals surface area contributed by atoms with Gasteiger partial charge in [-0.3, -0.25) is 14.8 Å². The molecule has 2 saturated heterocycles. The van der Waals surface area contributed by atoms with E-state index >= 15 is 0 Å². The minimum absolute atomic E-state index is 0.358. The topological polar surface area (TPSA) is 52.1 Å². The molecule has 2 atom stereocenters. The van der Waals surface area contributed by atoms with Gasteiger partial charge in [-0.05, 0) is 51.3 Å². The Kier molecular flexibility index (Phi) is 9.04. The number of guanidine groups is 1. The summed E-state index contributed by atoms with van der Waals surface area (Å²) >= 11 is 0. The number of benzene rings is 1. The van der Waals surface area contributed by atoms with Crippen molar-refractivity contribution in [1.29, 1.82) is 0 Å². The van der Waals surface area contributed by atoms with Crippen molar-refractivity contribution >= 4 is 5.96 Å². The van der Waals surface area contributed by atoms with E-state index in [0.717, 1.165) is 70.3 Å². The molecule has 2 heterocycles. The lowest BCUT2D eigenvalue weighted by Crippen LogP contribution is -2.51. The summed E-state index contributed by atoms with van der Waals surface area (Å²) in [6, 6.07) is 5.32.